The summed E-state index contributed by atoms with van der Waals surface area (Å²) in [7, 11) is 0. The van der Waals surface area contributed by atoms with Gasteiger partial charge in [-0.15, -0.1) is 37.2 Å². The third kappa shape index (κ3) is 107. The largest absolute Gasteiger partial charge is 0.396 e. The number of aliphatic hydroxyl groups is 3. The van der Waals surface area contributed by atoms with Crippen molar-refractivity contribution < 1.29 is 37.0 Å². The van der Waals surface area contributed by atoms with Crippen molar-refractivity contribution in [3.05, 3.63) is 0 Å². The average molecular weight is 380 g/mol. The molecule has 0 aromatic heterocycles. The minimum Gasteiger partial charge on any atom is -0.396 e. The number of aliphatic hydroxyl groups excluding tert-OH is 3. The third-order valence-electron chi connectivity index (χ3n) is 1.54. The molecule has 0 aromatic rings. The van der Waals surface area contributed by atoms with E-state index in [2.05, 4.69) is 20.8 Å². The maximum Gasteiger partial charge on any atom is 0.0430 e. The molecule has 0 aliphatic heterocycles. The summed E-state index contributed by atoms with van der Waals surface area (Å²) in [5, 5.41) is 24.2. The van der Waals surface area contributed by atoms with Gasteiger partial charge in [-0.2, -0.15) is 0 Å². The molecule has 0 aliphatic carbocycles. The Bertz CT molecular complexity index is 65.0. The molecule has 0 unspecified atom stereocenters. The van der Waals surface area contributed by atoms with Crippen molar-refractivity contribution in [1.29, 1.82) is 0 Å². The van der Waals surface area contributed by atoms with Crippen LogP contribution in [0.2, 0.25) is 0 Å². The summed E-state index contributed by atoms with van der Waals surface area (Å²) < 4.78 is 0. The zero-order valence-electron chi connectivity index (χ0n) is 12.4. The Morgan fingerprint density at radius 2 is 0.684 bits per heavy atom. The van der Waals surface area contributed by atoms with Gasteiger partial charge < -0.3 is 15.3 Å². The molecule has 19 heavy (non-hydrogen) atoms. The second kappa shape index (κ2) is 60.6. The zero-order chi connectivity index (χ0) is 12.4. The average Bonchev–Trinajstić information content (AvgIpc) is 2.23. The standard InChI is InChI=1S/3C4H10O.3ClH.Ti/c3*1-2-3-4-5;;;;/h3*5H,2-4H2,1H3;3*1H;. The Labute approximate surface area is 153 Å². The van der Waals surface area contributed by atoms with Crippen LogP contribution in [0.15, 0.2) is 0 Å². The molecule has 3 N–H and O–H groups in total. The van der Waals surface area contributed by atoms with E-state index in [0.29, 0.717) is 19.8 Å². The minimum atomic E-state index is 0. The second-order valence-electron chi connectivity index (χ2n) is 3.23. The van der Waals surface area contributed by atoms with E-state index in [-0.39, 0.29) is 58.9 Å². The maximum atomic E-state index is 8.07. The first-order valence-corrected chi connectivity index (χ1v) is 6.07. The fraction of sp³-hybridized carbons (Fsp3) is 1.00. The number of hydrogen-bond acceptors (Lipinski definition) is 3. The van der Waals surface area contributed by atoms with Crippen molar-refractivity contribution in [2.75, 3.05) is 19.8 Å². The molecule has 0 rings (SSSR count). The first-order chi connectivity index (χ1) is 7.24. The smallest absolute Gasteiger partial charge is 0.0430 e. The van der Waals surface area contributed by atoms with Gasteiger partial charge in [0.2, 0.25) is 0 Å². The van der Waals surface area contributed by atoms with Gasteiger partial charge in [0.1, 0.15) is 0 Å². The van der Waals surface area contributed by atoms with E-state index in [4.69, 9.17) is 15.3 Å². The molecule has 0 amide bonds. The Kier molecular flexibility index (Phi) is 136. The molecule has 0 spiro atoms. The van der Waals surface area contributed by atoms with Crippen LogP contribution in [0.25, 0.3) is 0 Å². The maximum absolute atomic E-state index is 8.07. The fourth-order valence-corrected chi connectivity index (χ4v) is 0.474. The Balaban J connectivity index is -0.0000000206. The summed E-state index contributed by atoms with van der Waals surface area (Å²) in [5.41, 5.74) is 0. The molecule has 0 bridgehead atoms. The molecule has 0 heterocycles. The number of rotatable bonds is 6. The summed E-state index contributed by atoms with van der Waals surface area (Å²) >= 11 is 0. The van der Waals surface area contributed by atoms with Gasteiger partial charge in [0, 0.05) is 41.5 Å². The number of unbranched alkanes of at least 4 members (excludes halogenated alkanes) is 3. The van der Waals surface area contributed by atoms with Crippen molar-refractivity contribution in [1.82, 2.24) is 0 Å². The molecule has 0 saturated carbocycles. The summed E-state index contributed by atoms with van der Waals surface area (Å²) in [5.74, 6) is 0. The van der Waals surface area contributed by atoms with E-state index >= 15 is 0 Å². The number of halogens is 3. The van der Waals surface area contributed by atoms with Gasteiger partial charge in [-0.05, 0) is 19.3 Å². The summed E-state index contributed by atoms with van der Waals surface area (Å²) in [4.78, 5) is 0. The Morgan fingerprint density at radius 3 is 0.684 bits per heavy atom. The summed E-state index contributed by atoms with van der Waals surface area (Å²) in [6.07, 6.45) is 6.11. The van der Waals surface area contributed by atoms with E-state index < -0.39 is 0 Å². The molecule has 0 fully saturated rings. The van der Waals surface area contributed by atoms with Crippen LogP contribution in [-0.4, -0.2) is 35.1 Å². The Morgan fingerprint density at radius 1 is 0.526 bits per heavy atom. The molecule has 0 atom stereocenters. The van der Waals surface area contributed by atoms with Crippen LogP contribution in [0.5, 0.6) is 0 Å². The minimum absolute atomic E-state index is 0. The molecule has 7 heteroatoms. The van der Waals surface area contributed by atoms with Gasteiger partial charge in [0.25, 0.3) is 0 Å². The van der Waals surface area contributed by atoms with Crippen LogP contribution in [0, 0.1) is 0 Å². The van der Waals surface area contributed by atoms with E-state index in [1.165, 1.54) is 0 Å². The fourth-order valence-electron chi connectivity index (χ4n) is 0.474. The molecule has 3 nitrogen and oxygen atoms in total. The predicted octanol–water partition coefficient (Wildman–Crippen LogP) is 3.60. The quantitative estimate of drug-likeness (QED) is 0.618. The summed E-state index contributed by atoms with van der Waals surface area (Å²) in [6, 6.07) is 0. The van der Waals surface area contributed by atoms with Crippen molar-refractivity contribution in [3.63, 3.8) is 0 Å². The monoisotopic (exact) mass is 378 g/mol. The van der Waals surface area contributed by atoms with Gasteiger partial charge in [-0.3, -0.25) is 0 Å². The van der Waals surface area contributed by atoms with Crippen molar-refractivity contribution >= 4 is 37.2 Å². The SMILES string of the molecule is CCCCO.CCCCO.CCCCO.Cl.Cl.Cl.[Ti]. The van der Waals surface area contributed by atoms with Crippen LogP contribution in [0.3, 0.4) is 0 Å². The topological polar surface area (TPSA) is 60.7 Å². The second-order valence-corrected chi connectivity index (χ2v) is 3.23. The summed E-state index contributed by atoms with van der Waals surface area (Å²) in [6.45, 7) is 7.19. The molecule has 124 valence electrons. The van der Waals surface area contributed by atoms with Crippen molar-refractivity contribution in [2.45, 2.75) is 59.3 Å². The van der Waals surface area contributed by atoms with Crippen LogP contribution < -0.4 is 0 Å². The van der Waals surface area contributed by atoms with Crippen molar-refractivity contribution in [2.24, 2.45) is 0 Å². The van der Waals surface area contributed by atoms with Gasteiger partial charge in [0.05, 0.1) is 0 Å². The molecule has 0 radical (unpaired) electrons. The normalized spacial score (nSPS) is 6.63. The zero-order valence-corrected chi connectivity index (χ0v) is 16.4. The number of hydrogen-bond donors (Lipinski definition) is 3. The van der Waals surface area contributed by atoms with Crippen LogP contribution in [-0.2, 0) is 21.7 Å². The first-order valence-electron chi connectivity index (χ1n) is 6.07. The van der Waals surface area contributed by atoms with E-state index in [9.17, 15) is 0 Å². The van der Waals surface area contributed by atoms with Gasteiger partial charge in [0.15, 0.2) is 0 Å². The molecule has 0 aromatic carbocycles. The van der Waals surface area contributed by atoms with Gasteiger partial charge in [-0.25, -0.2) is 0 Å². The first kappa shape index (κ1) is 42.8. The predicted molar refractivity (Wildman–Crippen MR) is 87.7 cm³/mol. The molecule has 0 aliphatic rings. The van der Waals surface area contributed by atoms with E-state index in [1.54, 1.807) is 0 Å². The van der Waals surface area contributed by atoms with E-state index in [0.717, 1.165) is 38.5 Å². The molecular formula is C12H33Cl3O3Ti. The van der Waals surface area contributed by atoms with Crippen molar-refractivity contribution in [3.8, 4) is 0 Å². The third-order valence-corrected chi connectivity index (χ3v) is 1.54. The Hall–Kier alpha value is 1.46. The van der Waals surface area contributed by atoms with Crippen LogP contribution in [0.1, 0.15) is 59.3 Å². The van der Waals surface area contributed by atoms with E-state index in [1.807, 2.05) is 0 Å². The van der Waals surface area contributed by atoms with Gasteiger partial charge >= 0.3 is 0 Å². The molecule has 0 saturated heterocycles. The van der Waals surface area contributed by atoms with Crippen LogP contribution >= 0.6 is 37.2 Å². The molecular weight excluding hydrogens is 346 g/mol. The van der Waals surface area contributed by atoms with Crippen LogP contribution in [0.4, 0.5) is 0 Å². The van der Waals surface area contributed by atoms with Gasteiger partial charge in [-0.1, -0.05) is 40.0 Å².